The van der Waals surface area contributed by atoms with Gasteiger partial charge in [-0.3, -0.25) is 4.57 Å². The highest BCUT2D eigenvalue weighted by atomic mass is 16.3. The monoisotopic (exact) mass is 704 g/mol. The Morgan fingerprint density at radius 1 is 0.564 bits per heavy atom. The van der Waals surface area contributed by atoms with Gasteiger partial charge < -0.3 is 8.83 Å². The van der Waals surface area contributed by atoms with Crippen LogP contribution in [0.4, 0.5) is 5.88 Å². The summed E-state index contributed by atoms with van der Waals surface area (Å²) < 4.78 is 15.9. The average Bonchev–Trinajstić information content (AvgIpc) is 3.89. The molecule has 0 saturated heterocycles. The van der Waals surface area contributed by atoms with Gasteiger partial charge in [-0.15, -0.1) is 5.73 Å². The number of aromatic nitrogens is 1. The third-order valence-electron chi connectivity index (χ3n) is 11.0. The van der Waals surface area contributed by atoms with E-state index in [1.807, 2.05) is 24.3 Å². The lowest BCUT2D eigenvalue weighted by Gasteiger charge is -2.15. The Balaban J connectivity index is 1.31. The third kappa shape index (κ3) is 4.69. The molecule has 3 aromatic heterocycles. The lowest BCUT2D eigenvalue weighted by atomic mass is 9.97. The van der Waals surface area contributed by atoms with E-state index in [4.69, 9.17) is 13.8 Å². The maximum Gasteiger partial charge on any atom is 0.224 e. The number of aliphatic imine (C=N–C) groups is 1. The number of furan rings is 2. The van der Waals surface area contributed by atoms with Crippen LogP contribution in [0.25, 0.3) is 93.0 Å². The summed E-state index contributed by atoms with van der Waals surface area (Å²) in [7, 11) is 0. The third-order valence-corrected chi connectivity index (χ3v) is 11.0. The fourth-order valence-electron chi connectivity index (χ4n) is 8.46. The van der Waals surface area contributed by atoms with E-state index in [-0.39, 0.29) is 0 Å². The normalized spacial score (nSPS) is 12.2. The van der Waals surface area contributed by atoms with E-state index < -0.39 is 0 Å². The van der Waals surface area contributed by atoms with E-state index >= 15 is 0 Å². The summed E-state index contributed by atoms with van der Waals surface area (Å²) in [6.07, 6.45) is 0. The number of hydrogen-bond acceptors (Lipinski definition) is 3. The summed E-state index contributed by atoms with van der Waals surface area (Å²) in [5.41, 5.74) is 12.5. The minimum atomic E-state index is 0.530. The first kappa shape index (κ1) is 31.2. The fourth-order valence-corrected chi connectivity index (χ4v) is 8.46. The van der Waals surface area contributed by atoms with Crippen LogP contribution in [0.1, 0.15) is 11.1 Å². The van der Waals surface area contributed by atoms with Crippen molar-refractivity contribution in [2.75, 3.05) is 0 Å². The quantitative estimate of drug-likeness (QED) is 0.104. The van der Waals surface area contributed by atoms with Crippen molar-refractivity contribution in [3.05, 3.63) is 187 Å². The van der Waals surface area contributed by atoms with Crippen LogP contribution in [0.3, 0.4) is 0 Å². The lowest BCUT2D eigenvalue weighted by Crippen LogP contribution is -2.14. The smallest absolute Gasteiger partial charge is 0.224 e. The van der Waals surface area contributed by atoms with Crippen molar-refractivity contribution >= 4 is 93.6 Å². The van der Waals surface area contributed by atoms with Gasteiger partial charge >= 0.3 is 0 Å². The summed E-state index contributed by atoms with van der Waals surface area (Å²) in [6.45, 7) is 6.37. The van der Waals surface area contributed by atoms with E-state index in [1.54, 1.807) is 0 Å². The molecule has 0 aliphatic rings. The molecule has 0 saturated carbocycles. The summed E-state index contributed by atoms with van der Waals surface area (Å²) in [5.74, 6) is 1.16. The van der Waals surface area contributed by atoms with Gasteiger partial charge in [0.2, 0.25) is 5.88 Å². The second-order valence-electron chi connectivity index (χ2n) is 14.1. The zero-order valence-electron chi connectivity index (χ0n) is 30.0. The van der Waals surface area contributed by atoms with Gasteiger partial charge in [0, 0.05) is 32.5 Å². The second-order valence-corrected chi connectivity index (χ2v) is 14.1. The minimum absolute atomic E-state index is 0.530. The molecule has 0 unspecified atom stereocenters. The fraction of sp³-hybridized carbons (Fsp3) is 0.0196. The van der Waals surface area contributed by atoms with E-state index in [0.717, 1.165) is 98.7 Å². The van der Waals surface area contributed by atoms with Crippen LogP contribution in [0.15, 0.2) is 190 Å². The first-order chi connectivity index (χ1) is 27.2. The van der Waals surface area contributed by atoms with Gasteiger partial charge in [0.15, 0.2) is 11.4 Å². The Hall–Kier alpha value is -7.39. The first-order valence-electron chi connectivity index (χ1n) is 18.5. The van der Waals surface area contributed by atoms with E-state index in [9.17, 15) is 0 Å². The maximum absolute atomic E-state index is 7.08. The van der Waals surface area contributed by atoms with E-state index in [0.29, 0.717) is 11.7 Å². The molecule has 0 aliphatic carbocycles. The number of fused-ring (bicyclic) bond motifs is 12. The van der Waals surface area contributed by atoms with Crippen molar-refractivity contribution in [3.8, 4) is 11.1 Å². The molecule has 0 N–H and O–H groups in total. The van der Waals surface area contributed by atoms with Crippen LogP contribution >= 0.6 is 0 Å². The summed E-state index contributed by atoms with van der Waals surface area (Å²) in [4.78, 5) is 5.51. The van der Waals surface area contributed by atoms with E-state index in [1.165, 1.54) is 5.39 Å². The molecule has 0 bridgehead atoms. The molecule has 0 fully saturated rings. The highest BCUT2D eigenvalue weighted by molar-refractivity contribution is 6.39. The molecule has 11 rings (SSSR count). The molecule has 0 spiro atoms. The molecule has 4 heteroatoms. The van der Waals surface area contributed by atoms with Crippen LogP contribution in [-0.2, 0) is 0 Å². The molecule has 3 heterocycles. The van der Waals surface area contributed by atoms with Crippen molar-refractivity contribution in [1.29, 1.82) is 0 Å². The SMILES string of the molecule is C=C=C(/C(=N\c1oc2ccccc2c1C)n1c2ccccc2c2c3ccccc3c3c4cc5ccccc5cc4oc3c21)c1cccc(-c2ccccc2)c1. The average molecular weight is 705 g/mol. The molecule has 258 valence electrons. The molecule has 55 heavy (non-hydrogen) atoms. The summed E-state index contributed by atoms with van der Waals surface area (Å²) in [5, 5.41) is 9.94. The lowest BCUT2D eigenvalue weighted by molar-refractivity contribution is 0.623. The number of rotatable bonds is 4. The van der Waals surface area contributed by atoms with Gasteiger partial charge in [-0.05, 0) is 75.5 Å². The topological polar surface area (TPSA) is 43.6 Å². The second kappa shape index (κ2) is 12.1. The largest absolute Gasteiger partial charge is 0.454 e. The molecule has 4 nitrogen and oxygen atoms in total. The van der Waals surface area contributed by atoms with Crippen LogP contribution in [-0.4, -0.2) is 10.4 Å². The van der Waals surface area contributed by atoms with Gasteiger partial charge in [0.25, 0.3) is 0 Å². The number of nitrogens with zero attached hydrogens (tertiary/aromatic N) is 2. The van der Waals surface area contributed by atoms with Gasteiger partial charge in [-0.1, -0.05) is 140 Å². The van der Waals surface area contributed by atoms with Crippen molar-refractivity contribution in [1.82, 2.24) is 4.57 Å². The van der Waals surface area contributed by atoms with Crippen molar-refractivity contribution in [2.24, 2.45) is 4.99 Å². The molecule has 0 amide bonds. The summed E-state index contributed by atoms with van der Waals surface area (Å²) >= 11 is 0. The highest BCUT2D eigenvalue weighted by Crippen LogP contribution is 2.46. The van der Waals surface area contributed by atoms with Crippen molar-refractivity contribution < 1.29 is 8.83 Å². The van der Waals surface area contributed by atoms with Gasteiger partial charge in [0.05, 0.1) is 16.6 Å². The first-order valence-corrected chi connectivity index (χ1v) is 18.5. The Morgan fingerprint density at radius 2 is 1.22 bits per heavy atom. The number of benzene rings is 8. The van der Waals surface area contributed by atoms with Crippen LogP contribution in [0, 0.1) is 6.92 Å². The number of aryl methyl sites for hydroxylation is 1. The highest BCUT2D eigenvalue weighted by Gasteiger charge is 2.27. The van der Waals surface area contributed by atoms with Crippen LogP contribution in [0.5, 0.6) is 0 Å². The Kier molecular flexibility index (Phi) is 6.84. The van der Waals surface area contributed by atoms with Crippen LogP contribution < -0.4 is 0 Å². The molecule has 11 aromatic rings. The van der Waals surface area contributed by atoms with Crippen LogP contribution in [0.2, 0.25) is 0 Å². The zero-order valence-corrected chi connectivity index (χ0v) is 30.0. The predicted molar refractivity (Wildman–Crippen MR) is 230 cm³/mol. The Labute approximate surface area is 316 Å². The minimum Gasteiger partial charge on any atom is -0.454 e. The molecule has 8 aromatic carbocycles. The number of para-hydroxylation sites is 2. The standard InChI is InChI=1S/C51H32N2O2/c1-3-37(36-21-15-20-33(28-36)32-16-5-4-6-17-32)50(52-51-31(2)38-22-12-14-27-44(38)55-51)53-43-26-13-11-25-41(43)46-39-23-9-10-24-40(39)47-42-29-34-18-7-8-19-35(34)30-45(42)54-49(47)48(46)53/h4-30H,1H2,2H3/b52-50+. The molecule has 0 aliphatic heterocycles. The molecular formula is C51H32N2O2. The van der Waals surface area contributed by atoms with Gasteiger partial charge in [-0.25, -0.2) is 0 Å². The zero-order chi connectivity index (χ0) is 36.6. The van der Waals surface area contributed by atoms with Gasteiger partial charge in [0.1, 0.15) is 11.2 Å². The predicted octanol–water partition coefficient (Wildman–Crippen LogP) is 14.2. The van der Waals surface area contributed by atoms with Gasteiger partial charge in [-0.2, -0.15) is 4.99 Å². The number of hydrogen-bond donors (Lipinski definition) is 0. The Bertz CT molecular complexity index is 3440. The van der Waals surface area contributed by atoms with Crippen molar-refractivity contribution in [2.45, 2.75) is 6.92 Å². The molecular weight excluding hydrogens is 673 g/mol. The molecule has 0 atom stereocenters. The Morgan fingerprint density at radius 3 is 2.00 bits per heavy atom. The maximum atomic E-state index is 7.08. The molecule has 0 radical (unpaired) electrons. The van der Waals surface area contributed by atoms with Crippen molar-refractivity contribution in [3.63, 3.8) is 0 Å². The summed E-state index contributed by atoms with van der Waals surface area (Å²) in [6, 6.07) is 57.1. The van der Waals surface area contributed by atoms with E-state index in [2.05, 4.69) is 163 Å². The number of allylic oxidation sites excluding steroid dienone is 1.